The Morgan fingerprint density at radius 1 is 0.921 bits per heavy atom. The molecule has 0 radical (unpaired) electrons. The highest BCUT2D eigenvalue weighted by atomic mass is 35.5. The zero-order valence-corrected chi connectivity index (χ0v) is 23.3. The van der Waals surface area contributed by atoms with Gasteiger partial charge in [0.15, 0.2) is 11.5 Å². The Morgan fingerprint density at radius 3 is 2.16 bits per heavy atom. The number of carbonyl (C=O) groups excluding carboxylic acids is 2. The van der Waals surface area contributed by atoms with Gasteiger partial charge in [-0.3, -0.25) is 9.10 Å². The maximum atomic E-state index is 13.8. The number of sulfonamides is 1. The Balaban J connectivity index is 1.97. The molecule has 1 N–H and O–H groups in total. The fourth-order valence-corrected chi connectivity index (χ4v) is 5.49. The highest BCUT2D eigenvalue weighted by molar-refractivity contribution is 7.92. The van der Waals surface area contributed by atoms with Gasteiger partial charge in [-0.05, 0) is 74.4 Å². The molecule has 0 unspecified atom stereocenters. The molecule has 11 heteroatoms. The van der Waals surface area contributed by atoms with E-state index in [2.05, 4.69) is 5.32 Å². The number of benzene rings is 3. The molecule has 0 atom stereocenters. The van der Waals surface area contributed by atoms with Crippen LogP contribution in [0.3, 0.4) is 0 Å². The summed E-state index contributed by atoms with van der Waals surface area (Å²) in [6.45, 7) is 5.01. The van der Waals surface area contributed by atoms with Crippen LogP contribution in [0.25, 0.3) is 0 Å². The first kappa shape index (κ1) is 28.8. The maximum absolute atomic E-state index is 13.8. The number of halogens is 1. The average Bonchev–Trinajstić information content (AvgIpc) is 2.86. The van der Waals surface area contributed by atoms with E-state index in [1.807, 2.05) is 19.9 Å². The molecule has 0 fully saturated rings. The largest absolute Gasteiger partial charge is 0.493 e. The van der Waals surface area contributed by atoms with Crippen molar-refractivity contribution in [2.45, 2.75) is 25.7 Å². The lowest BCUT2D eigenvalue weighted by atomic mass is 10.1. The molecular weight excluding hydrogens is 532 g/mol. The molecule has 202 valence electrons. The van der Waals surface area contributed by atoms with Gasteiger partial charge in [-0.1, -0.05) is 17.7 Å². The van der Waals surface area contributed by atoms with Gasteiger partial charge in [-0.25, -0.2) is 13.2 Å². The molecule has 38 heavy (non-hydrogen) atoms. The number of hydrogen-bond acceptors (Lipinski definition) is 7. The Hall–Kier alpha value is -3.76. The van der Waals surface area contributed by atoms with Crippen LogP contribution in [0.1, 0.15) is 28.4 Å². The van der Waals surface area contributed by atoms with Crippen LogP contribution in [-0.4, -0.2) is 47.7 Å². The monoisotopic (exact) mass is 560 g/mol. The van der Waals surface area contributed by atoms with E-state index in [9.17, 15) is 18.0 Å². The van der Waals surface area contributed by atoms with Gasteiger partial charge in [0.1, 0.15) is 6.54 Å². The highest BCUT2D eigenvalue weighted by Gasteiger charge is 2.29. The molecule has 0 aliphatic heterocycles. The SMILES string of the molecule is CCOC(=O)c1ccc(NC(=O)CN(c2cc(C)cc(C)c2)S(=O)(=O)c2ccc(OC)c(OC)c2)cc1Cl. The molecule has 3 aromatic rings. The number of hydrogen-bond donors (Lipinski definition) is 1. The second-order valence-corrected chi connectivity index (χ2v) is 10.6. The van der Waals surface area contributed by atoms with Crippen LogP contribution in [0.2, 0.25) is 5.02 Å². The lowest BCUT2D eigenvalue weighted by Gasteiger charge is -2.25. The topological polar surface area (TPSA) is 111 Å². The van der Waals surface area contributed by atoms with Crippen LogP contribution in [0, 0.1) is 13.8 Å². The molecule has 3 aromatic carbocycles. The van der Waals surface area contributed by atoms with E-state index in [1.165, 1.54) is 50.6 Å². The van der Waals surface area contributed by atoms with Crippen molar-refractivity contribution in [1.29, 1.82) is 0 Å². The molecule has 1 amide bonds. The number of nitrogens with one attached hydrogen (secondary N) is 1. The van der Waals surface area contributed by atoms with Crippen molar-refractivity contribution in [3.8, 4) is 11.5 Å². The Bertz CT molecular complexity index is 1440. The van der Waals surface area contributed by atoms with Gasteiger partial charge in [-0.2, -0.15) is 0 Å². The van der Waals surface area contributed by atoms with Gasteiger partial charge in [0, 0.05) is 11.8 Å². The summed E-state index contributed by atoms with van der Waals surface area (Å²) in [7, 11) is -1.36. The van der Waals surface area contributed by atoms with Gasteiger partial charge in [0.05, 0.1) is 42.0 Å². The van der Waals surface area contributed by atoms with Gasteiger partial charge in [0.2, 0.25) is 5.91 Å². The molecule has 0 saturated heterocycles. The van der Waals surface area contributed by atoms with Crippen molar-refractivity contribution >= 4 is 44.9 Å². The van der Waals surface area contributed by atoms with Gasteiger partial charge < -0.3 is 19.5 Å². The minimum Gasteiger partial charge on any atom is -0.493 e. The van der Waals surface area contributed by atoms with Gasteiger partial charge in [0.25, 0.3) is 10.0 Å². The summed E-state index contributed by atoms with van der Waals surface area (Å²) in [5.74, 6) is -0.606. The summed E-state index contributed by atoms with van der Waals surface area (Å²) in [6.07, 6.45) is 0. The van der Waals surface area contributed by atoms with Crippen molar-refractivity contribution in [2.24, 2.45) is 0 Å². The van der Waals surface area contributed by atoms with Gasteiger partial charge in [-0.15, -0.1) is 0 Å². The predicted octanol–water partition coefficient (Wildman–Crippen LogP) is 4.98. The lowest BCUT2D eigenvalue weighted by Crippen LogP contribution is -2.38. The lowest BCUT2D eigenvalue weighted by molar-refractivity contribution is -0.114. The van der Waals surface area contributed by atoms with Crippen molar-refractivity contribution < 1.29 is 32.2 Å². The number of nitrogens with zero attached hydrogens (tertiary/aromatic N) is 1. The number of aryl methyl sites for hydroxylation is 2. The third-order valence-electron chi connectivity index (χ3n) is 5.47. The molecule has 0 aliphatic rings. The van der Waals surface area contributed by atoms with Crippen LogP contribution < -0.4 is 19.1 Å². The average molecular weight is 561 g/mol. The van der Waals surface area contributed by atoms with Crippen molar-refractivity contribution in [2.75, 3.05) is 37.0 Å². The zero-order chi connectivity index (χ0) is 28.0. The number of carbonyl (C=O) groups is 2. The van der Waals surface area contributed by atoms with Crippen molar-refractivity contribution in [1.82, 2.24) is 0 Å². The summed E-state index contributed by atoms with van der Waals surface area (Å²) in [6, 6.07) is 13.8. The molecule has 0 aliphatic carbocycles. The van der Waals surface area contributed by atoms with E-state index >= 15 is 0 Å². The summed E-state index contributed by atoms with van der Waals surface area (Å²) < 4.78 is 44.1. The van der Waals surface area contributed by atoms with Crippen LogP contribution in [-0.2, 0) is 19.6 Å². The third-order valence-corrected chi connectivity index (χ3v) is 7.56. The normalized spacial score (nSPS) is 11.0. The summed E-state index contributed by atoms with van der Waals surface area (Å²) in [4.78, 5) is 25.0. The highest BCUT2D eigenvalue weighted by Crippen LogP contribution is 2.33. The molecule has 3 rings (SSSR count). The smallest absolute Gasteiger partial charge is 0.339 e. The van der Waals surface area contributed by atoms with E-state index in [4.69, 9.17) is 25.8 Å². The molecule has 0 aromatic heterocycles. The van der Waals surface area contributed by atoms with Crippen LogP contribution in [0.15, 0.2) is 59.5 Å². The van der Waals surface area contributed by atoms with Crippen molar-refractivity contribution in [3.05, 3.63) is 76.3 Å². The Morgan fingerprint density at radius 2 is 1.58 bits per heavy atom. The number of ether oxygens (including phenoxy) is 3. The van der Waals surface area contributed by atoms with Gasteiger partial charge >= 0.3 is 5.97 Å². The van der Waals surface area contributed by atoms with E-state index < -0.39 is 28.4 Å². The molecule has 0 saturated carbocycles. The predicted molar refractivity (Wildman–Crippen MR) is 146 cm³/mol. The number of rotatable bonds is 10. The molecule has 9 nitrogen and oxygen atoms in total. The summed E-state index contributed by atoms with van der Waals surface area (Å²) in [5.41, 5.74) is 2.42. The fourth-order valence-electron chi connectivity index (χ4n) is 3.81. The molecule has 0 bridgehead atoms. The molecule has 0 spiro atoms. The summed E-state index contributed by atoms with van der Waals surface area (Å²) in [5, 5.41) is 2.74. The van der Waals surface area contributed by atoms with E-state index in [1.54, 1.807) is 19.1 Å². The van der Waals surface area contributed by atoms with E-state index in [0.29, 0.717) is 11.4 Å². The number of methoxy groups -OCH3 is 2. The minimum absolute atomic E-state index is 0.0797. The van der Waals surface area contributed by atoms with E-state index in [-0.39, 0.29) is 33.5 Å². The Kier molecular flexibility index (Phi) is 9.24. The number of anilines is 2. The molecular formula is C27H29ClN2O7S. The number of amides is 1. The van der Waals surface area contributed by atoms with Crippen LogP contribution in [0.5, 0.6) is 11.5 Å². The standard InChI is InChI=1S/C27H29ClN2O7S/c1-6-37-27(32)22-9-7-19(14-23(22)28)29-26(31)16-30(20-12-17(2)11-18(3)13-20)38(33,34)21-8-10-24(35-4)25(15-21)36-5/h7-15H,6,16H2,1-5H3,(H,29,31). The fraction of sp³-hybridized carbons (Fsp3) is 0.259. The first-order valence-corrected chi connectivity index (χ1v) is 13.4. The number of esters is 1. The van der Waals surface area contributed by atoms with Crippen LogP contribution in [0.4, 0.5) is 11.4 Å². The second-order valence-electron chi connectivity index (χ2n) is 8.34. The van der Waals surface area contributed by atoms with Crippen molar-refractivity contribution in [3.63, 3.8) is 0 Å². The minimum atomic E-state index is -4.22. The zero-order valence-electron chi connectivity index (χ0n) is 21.7. The first-order valence-electron chi connectivity index (χ1n) is 11.6. The summed E-state index contributed by atoms with van der Waals surface area (Å²) >= 11 is 6.21. The Labute approximate surface area is 227 Å². The first-order chi connectivity index (χ1) is 18.0. The molecule has 0 heterocycles. The quantitative estimate of drug-likeness (QED) is 0.348. The van der Waals surface area contributed by atoms with E-state index in [0.717, 1.165) is 15.4 Å². The maximum Gasteiger partial charge on any atom is 0.339 e. The second kappa shape index (κ2) is 12.2. The van der Waals surface area contributed by atoms with Crippen LogP contribution >= 0.6 is 11.6 Å². The third kappa shape index (κ3) is 6.56.